The second-order valence-electron chi connectivity index (χ2n) is 8.96. The molecule has 3 aliphatic heterocycles. The summed E-state index contributed by atoms with van der Waals surface area (Å²) in [5, 5.41) is 16.5. The fourth-order valence-corrected chi connectivity index (χ4v) is 6.01. The average molecular weight is 547 g/mol. The molecule has 2 saturated heterocycles. The van der Waals surface area contributed by atoms with Crippen LogP contribution in [0.1, 0.15) is 23.6 Å². The molecule has 2 fully saturated rings. The third kappa shape index (κ3) is 8.04. The lowest BCUT2D eigenvalue weighted by Crippen LogP contribution is -2.48. The molecule has 0 aromatic heterocycles. The van der Waals surface area contributed by atoms with Gasteiger partial charge in [0.25, 0.3) is 0 Å². The number of carboxylic acids is 2. The van der Waals surface area contributed by atoms with Crippen LogP contribution in [-0.2, 0) is 25.5 Å². The maximum absolute atomic E-state index is 9.55. The normalized spacial score (nSPS) is 20.5. The van der Waals surface area contributed by atoms with Gasteiger partial charge in [-0.2, -0.15) is 0 Å². The molecule has 10 heteroatoms. The Morgan fingerprint density at radius 3 is 2.32 bits per heavy atom. The first-order chi connectivity index (χ1) is 17.9. The van der Waals surface area contributed by atoms with Crippen LogP contribution in [0.4, 0.5) is 0 Å². The number of nitrogens with zero attached hydrogens (tertiary/aromatic N) is 2. The predicted octanol–water partition coefficient (Wildman–Crippen LogP) is 4.18. The van der Waals surface area contributed by atoms with Crippen LogP contribution in [0.5, 0.6) is 0 Å². The van der Waals surface area contributed by atoms with Gasteiger partial charge in [0.2, 0.25) is 0 Å². The van der Waals surface area contributed by atoms with Crippen LogP contribution < -0.4 is 0 Å². The summed E-state index contributed by atoms with van der Waals surface area (Å²) in [6, 6.07) is 15.6. The molecule has 1 unspecified atom stereocenters. The lowest BCUT2D eigenvalue weighted by Gasteiger charge is -2.40. The number of carboxylic acid groups (broad SMARTS) is 2. The highest BCUT2D eigenvalue weighted by Crippen LogP contribution is 2.43. The minimum atomic E-state index is -1.26. The summed E-state index contributed by atoms with van der Waals surface area (Å²) < 4.78 is 11.2. The van der Waals surface area contributed by atoms with Gasteiger partial charge in [-0.3, -0.25) is 4.90 Å². The highest BCUT2D eigenvalue weighted by atomic mass is 35.5. The van der Waals surface area contributed by atoms with Gasteiger partial charge < -0.3 is 24.6 Å². The van der Waals surface area contributed by atoms with Gasteiger partial charge in [-0.05, 0) is 41.8 Å². The Morgan fingerprint density at radius 2 is 1.65 bits per heavy atom. The van der Waals surface area contributed by atoms with E-state index in [1.807, 2.05) is 17.8 Å². The van der Waals surface area contributed by atoms with Gasteiger partial charge in [-0.25, -0.2) is 9.59 Å². The Bertz CT molecular complexity index is 1100. The first-order valence-electron chi connectivity index (χ1n) is 12.3. The molecule has 5 rings (SSSR count). The topological polar surface area (TPSA) is 99.5 Å². The van der Waals surface area contributed by atoms with Crippen molar-refractivity contribution in [1.29, 1.82) is 0 Å². The molecule has 2 aromatic carbocycles. The van der Waals surface area contributed by atoms with Crippen LogP contribution in [0.15, 0.2) is 64.4 Å². The van der Waals surface area contributed by atoms with Crippen molar-refractivity contribution in [3.05, 3.63) is 70.8 Å². The number of rotatable bonds is 6. The highest BCUT2D eigenvalue weighted by molar-refractivity contribution is 7.99. The Morgan fingerprint density at radius 1 is 0.973 bits per heavy atom. The quantitative estimate of drug-likeness (QED) is 0.517. The van der Waals surface area contributed by atoms with Crippen molar-refractivity contribution >= 4 is 35.3 Å². The molecule has 8 nitrogen and oxygen atoms in total. The van der Waals surface area contributed by atoms with Gasteiger partial charge in [0.15, 0.2) is 6.29 Å². The maximum Gasteiger partial charge on any atom is 0.328 e. The zero-order valence-electron chi connectivity index (χ0n) is 20.4. The molecule has 37 heavy (non-hydrogen) atoms. The number of hydrogen-bond donors (Lipinski definition) is 2. The summed E-state index contributed by atoms with van der Waals surface area (Å²) in [7, 11) is 0. The fraction of sp³-hybridized carbons (Fsp3) is 0.407. The molecule has 0 bridgehead atoms. The van der Waals surface area contributed by atoms with Crippen molar-refractivity contribution < 1.29 is 29.3 Å². The van der Waals surface area contributed by atoms with E-state index in [1.165, 1.54) is 20.9 Å². The smallest absolute Gasteiger partial charge is 0.328 e. The SMILES string of the molecule is Clc1ccc2c(c1)C(N1CCN(CCC3OCCO3)CC1)Cc1ccccc1S2.O=C(O)/C=C/C(=O)O. The van der Waals surface area contributed by atoms with E-state index in [4.69, 9.17) is 31.3 Å². The van der Waals surface area contributed by atoms with Crippen molar-refractivity contribution in [2.24, 2.45) is 0 Å². The van der Waals surface area contributed by atoms with Gasteiger partial charge in [-0.15, -0.1) is 0 Å². The molecule has 2 aromatic rings. The minimum absolute atomic E-state index is 0.00238. The highest BCUT2D eigenvalue weighted by Gasteiger charge is 2.30. The van der Waals surface area contributed by atoms with Crippen LogP contribution in [0.3, 0.4) is 0 Å². The summed E-state index contributed by atoms with van der Waals surface area (Å²) in [4.78, 5) is 27.0. The molecule has 0 aliphatic carbocycles. The van der Waals surface area contributed by atoms with Gasteiger partial charge in [-0.1, -0.05) is 41.6 Å². The molecule has 0 radical (unpaired) electrons. The van der Waals surface area contributed by atoms with Crippen molar-refractivity contribution in [3.63, 3.8) is 0 Å². The number of ether oxygens (including phenoxy) is 2. The summed E-state index contributed by atoms with van der Waals surface area (Å²) in [6.45, 7) is 6.86. The van der Waals surface area contributed by atoms with Crippen LogP contribution in [0.25, 0.3) is 0 Å². The number of piperazine rings is 1. The first-order valence-corrected chi connectivity index (χ1v) is 13.5. The van der Waals surface area contributed by atoms with E-state index < -0.39 is 11.9 Å². The molecule has 3 aliphatic rings. The number of benzene rings is 2. The van der Waals surface area contributed by atoms with E-state index in [-0.39, 0.29) is 6.29 Å². The Balaban J connectivity index is 0.000000349. The summed E-state index contributed by atoms with van der Waals surface area (Å²) >= 11 is 8.29. The second-order valence-corrected chi connectivity index (χ2v) is 10.5. The zero-order valence-corrected chi connectivity index (χ0v) is 22.0. The van der Waals surface area contributed by atoms with E-state index in [2.05, 4.69) is 46.2 Å². The summed E-state index contributed by atoms with van der Waals surface area (Å²) in [5.41, 5.74) is 2.81. The predicted molar refractivity (Wildman–Crippen MR) is 141 cm³/mol. The van der Waals surface area contributed by atoms with Crippen LogP contribution in [-0.4, -0.2) is 84.2 Å². The van der Waals surface area contributed by atoms with Crippen LogP contribution in [0, 0.1) is 0 Å². The van der Waals surface area contributed by atoms with Crippen molar-refractivity contribution in [2.45, 2.75) is 35.0 Å². The molecule has 3 heterocycles. The summed E-state index contributed by atoms with van der Waals surface area (Å²) in [6.07, 6.45) is 3.12. The number of hydrogen-bond acceptors (Lipinski definition) is 7. The molecular formula is C27H31ClN2O6S. The molecule has 0 saturated carbocycles. The van der Waals surface area contributed by atoms with Crippen molar-refractivity contribution in [1.82, 2.24) is 9.80 Å². The minimum Gasteiger partial charge on any atom is -0.478 e. The summed E-state index contributed by atoms with van der Waals surface area (Å²) in [5.74, 6) is -2.51. The number of fused-ring (bicyclic) bond motifs is 2. The average Bonchev–Trinajstić information content (AvgIpc) is 3.36. The standard InChI is InChI=1S/C23H27ClN2O2S.C4H4O4/c24-18-5-6-22-19(16-18)20(15-17-3-1-2-4-21(17)29-22)26-11-9-25(10-12-26)8-7-23-27-13-14-28-23;5-3(6)1-2-4(7)8/h1-6,16,20,23H,7-15H2;1-2H,(H,5,6)(H,7,8)/b;2-1+. The van der Waals surface area contributed by atoms with Gasteiger partial charge >= 0.3 is 11.9 Å². The largest absolute Gasteiger partial charge is 0.478 e. The van der Waals surface area contributed by atoms with Gasteiger partial charge in [0, 0.05) is 72.2 Å². The van der Waals surface area contributed by atoms with E-state index in [1.54, 1.807) is 0 Å². The third-order valence-electron chi connectivity index (χ3n) is 6.52. The monoisotopic (exact) mass is 546 g/mol. The van der Waals surface area contributed by atoms with Gasteiger partial charge in [0.1, 0.15) is 0 Å². The number of halogens is 1. The van der Waals surface area contributed by atoms with Crippen molar-refractivity contribution in [2.75, 3.05) is 45.9 Å². The van der Waals surface area contributed by atoms with Crippen LogP contribution >= 0.6 is 23.4 Å². The molecule has 198 valence electrons. The number of carbonyl (C=O) groups is 2. The van der Waals surface area contributed by atoms with Crippen LogP contribution in [0.2, 0.25) is 5.02 Å². The van der Waals surface area contributed by atoms with E-state index in [9.17, 15) is 9.59 Å². The molecular weight excluding hydrogens is 516 g/mol. The molecule has 0 spiro atoms. The Hall–Kier alpha value is -2.40. The zero-order chi connectivity index (χ0) is 26.2. The van der Waals surface area contributed by atoms with E-state index in [0.717, 1.165) is 63.8 Å². The first kappa shape index (κ1) is 27.6. The second kappa shape index (κ2) is 13.4. The molecule has 0 amide bonds. The fourth-order valence-electron chi connectivity index (χ4n) is 4.71. The molecule has 1 atom stereocenters. The van der Waals surface area contributed by atoms with E-state index >= 15 is 0 Å². The maximum atomic E-state index is 9.55. The number of aliphatic carboxylic acids is 2. The van der Waals surface area contributed by atoms with E-state index in [0.29, 0.717) is 18.2 Å². The lowest BCUT2D eigenvalue weighted by atomic mass is 9.96. The van der Waals surface area contributed by atoms with Crippen molar-refractivity contribution in [3.8, 4) is 0 Å². The third-order valence-corrected chi connectivity index (χ3v) is 7.97. The Labute approximate surface area is 225 Å². The lowest BCUT2D eigenvalue weighted by molar-refractivity contribution is -0.134. The Kier molecular flexibility index (Phi) is 10.0. The molecule has 2 N–H and O–H groups in total. The van der Waals surface area contributed by atoms with Gasteiger partial charge in [0.05, 0.1) is 13.2 Å².